The number of para-hydroxylation sites is 1. The first kappa shape index (κ1) is 29.6. The van der Waals surface area contributed by atoms with Crippen molar-refractivity contribution in [2.45, 2.75) is 19.3 Å². The number of benzene rings is 6. The topological polar surface area (TPSA) is 86.9 Å². The van der Waals surface area contributed by atoms with E-state index in [0.29, 0.717) is 28.9 Å². The van der Waals surface area contributed by atoms with Crippen molar-refractivity contribution in [1.82, 2.24) is 15.0 Å². The van der Waals surface area contributed by atoms with Gasteiger partial charge in [-0.2, -0.15) is 5.10 Å². The average Bonchev–Trinajstić information content (AvgIpc) is 3.41. The third-order valence-corrected chi connectivity index (χ3v) is 9.83. The number of anilines is 1. The molecular weight excluding hydrogens is 613 g/mol. The van der Waals surface area contributed by atoms with Crippen molar-refractivity contribution in [3.63, 3.8) is 0 Å². The van der Waals surface area contributed by atoms with Crippen molar-refractivity contribution in [3.05, 3.63) is 162 Å². The van der Waals surface area contributed by atoms with E-state index >= 15 is 0 Å². The zero-order chi connectivity index (χ0) is 33.8. The highest BCUT2D eigenvalue weighted by Crippen LogP contribution is 2.51. The van der Waals surface area contributed by atoms with E-state index in [1.165, 1.54) is 22.3 Å². The summed E-state index contributed by atoms with van der Waals surface area (Å²) in [4.78, 5) is 15.4. The van der Waals surface area contributed by atoms with Crippen molar-refractivity contribution in [2.75, 3.05) is 5.43 Å². The molecule has 7 aromatic rings. The fraction of sp³-hybridized carbons (Fsp3) is 0.0682. The SMILES string of the molecule is CC1(C)c2ccccc2-c2c(-c3nc(-c4ccccc4)nc(-c4ccc5ccc6c(c5c4)C(=N)/C(=N\Nc4ccccc4)C=C6)n3)cccc21. The minimum absolute atomic E-state index is 0.144. The first-order valence-electron chi connectivity index (χ1n) is 16.7. The lowest BCUT2D eigenvalue weighted by molar-refractivity contribution is 0.660. The Kier molecular flexibility index (Phi) is 6.85. The molecule has 1 aromatic heterocycles. The van der Waals surface area contributed by atoms with Crippen LogP contribution in [0.1, 0.15) is 36.1 Å². The van der Waals surface area contributed by atoms with Gasteiger partial charge in [-0.3, -0.25) is 10.8 Å². The summed E-state index contributed by atoms with van der Waals surface area (Å²) in [5, 5.41) is 15.8. The van der Waals surface area contributed by atoms with Gasteiger partial charge in [0.05, 0.1) is 11.4 Å². The maximum Gasteiger partial charge on any atom is 0.164 e. The number of hydrazone groups is 1. The van der Waals surface area contributed by atoms with Crippen molar-refractivity contribution in [3.8, 4) is 45.3 Å². The first-order chi connectivity index (χ1) is 24.5. The highest BCUT2D eigenvalue weighted by Gasteiger charge is 2.37. The number of nitrogens with zero attached hydrogens (tertiary/aromatic N) is 4. The zero-order valence-electron chi connectivity index (χ0n) is 27.6. The summed E-state index contributed by atoms with van der Waals surface area (Å²) < 4.78 is 0. The number of nitrogens with one attached hydrogen (secondary N) is 2. The lowest BCUT2D eigenvalue weighted by Crippen LogP contribution is -2.18. The van der Waals surface area contributed by atoms with Gasteiger partial charge in [0.25, 0.3) is 0 Å². The molecule has 0 unspecified atom stereocenters. The Morgan fingerprint density at radius 1 is 0.580 bits per heavy atom. The maximum absolute atomic E-state index is 9.24. The predicted octanol–water partition coefficient (Wildman–Crippen LogP) is 10.2. The van der Waals surface area contributed by atoms with Crippen LogP contribution in [0.3, 0.4) is 0 Å². The number of rotatable bonds is 5. The Hall–Kier alpha value is -6.53. The standard InChI is InChI=1S/C44H32N6/c1-44(2)35-18-10-9-16-32(35)39-33(17-11-19-36(39)44)43-47-41(29-12-5-3-6-13-29)46-42(48-43)30-23-21-27-20-22-28-24-25-37(40(45)38(28)34(27)26-30)50-49-31-14-7-4-8-15-31/h3-26,45,49H,1-2H3/b45-40?,50-37-. The lowest BCUT2D eigenvalue weighted by Gasteiger charge is -2.21. The first-order valence-corrected chi connectivity index (χ1v) is 16.7. The second kappa shape index (κ2) is 11.6. The third kappa shape index (κ3) is 4.84. The molecule has 238 valence electrons. The van der Waals surface area contributed by atoms with Gasteiger partial charge in [0.2, 0.25) is 0 Å². The molecule has 9 rings (SSSR count). The lowest BCUT2D eigenvalue weighted by atomic mass is 9.82. The minimum atomic E-state index is -0.144. The van der Waals surface area contributed by atoms with E-state index in [1.54, 1.807) is 0 Å². The molecular formula is C44H32N6. The fourth-order valence-corrected chi connectivity index (χ4v) is 7.29. The molecule has 1 heterocycles. The molecule has 0 amide bonds. The molecule has 0 bridgehead atoms. The van der Waals surface area contributed by atoms with Gasteiger partial charge in [-0.15, -0.1) is 0 Å². The summed E-state index contributed by atoms with van der Waals surface area (Å²) in [5.74, 6) is 1.82. The van der Waals surface area contributed by atoms with Crippen molar-refractivity contribution >= 4 is 34.0 Å². The van der Waals surface area contributed by atoms with Crippen LogP contribution in [0.5, 0.6) is 0 Å². The van der Waals surface area contributed by atoms with E-state index in [9.17, 15) is 5.41 Å². The van der Waals surface area contributed by atoms with Crippen LogP contribution in [0.15, 0.2) is 145 Å². The van der Waals surface area contributed by atoms with Gasteiger partial charge in [-0.05, 0) is 62.9 Å². The smallest absolute Gasteiger partial charge is 0.164 e. The Labute approximate surface area is 290 Å². The van der Waals surface area contributed by atoms with Crippen LogP contribution in [-0.4, -0.2) is 26.4 Å². The van der Waals surface area contributed by atoms with E-state index in [4.69, 9.17) is 15.0 Å². The van der Waals surface area contributed by atoms with Crippen LogP contribution in [0.2, 0.25) is 0 Å². The van der Waals surface area contributed by atoms with Gasteiger partial charge in [0.1, 0.15) is 5.71 Å². The number of hydrogen-bond acceptors (Lipinski definition) is 6. The monoisotopic (exact) mass is 644 g/mol. The van der Waals surface area contributed by atoms with Crippen molar-refractivity contribution < 1.29 is 0 Å². The molecule has 6 heteroatoms. The summed E-state index contributed by atoms with van der Waals surface area (Å²) in [6, 6.07) is 45.4. The number of hydrogen-bond donors (Lipinski definition) is 2. The van der Waals surface area contributed by atoms with Crippen molar-refractivity contribution in [2.24, 2.45) is 5.10 Å². The largest absolute Gasteiger partial charge is 0.298 e. The predicted molar refractivity (Wildman–Crippen MR) is 205 cm³/mol. The van der Waals surface area contributed by atoms with E-state index in [1.807, 2.05) is 72.8 Å². The second-order valence-electron chi connectivity index (χ2n) is 13.2. The van der Waals surface area contributed by atoms with Crippen LogP contribution in [0, 0.1) is 5.41 Å². The van der Waals surface area contributed by atoms with E-state index in [0.717, 1.165) is 44.3 Å². The number of fused-ring (bicyclic) bond motifs is 6. The highest BCUT2D eigenvalue weighted by molar-refractivity contribution is 6.55. The Balaban J connectivity index is 1.21. The van der Waals surface area contributed by atoms with Gasteiger partial charge in [0, 0.05) is 27.7 Å². The molecule has 0 radical (unpaired) electrons. The highest BCUT2D eigenvalue weighted by atomic mass is 15.3. The summed E-state index contributed by atoms with van der Waals surface area (Å²) in [6.45, 7) is 4.57. The summed E-state index contributed by atoms with van der Waals surface area (Å²) in [5.41, 5.74) is 14.3. The van der Waals surface area contributed by atoms with E-state index < -0.39 is 0 Å². The van der Waals surface area contributed by atoms with Gasteiger partial charge < -0.3 is 0 Å². The summed E-state index contributed by atoms with van der Waals surface area (Å²) >= 11 is 0. The Bertz CT molecular complexity index is 2550. The quantitative estimate of drug-likeness (QED) is 0.183. The molecule has 6 nitrogen and oxygen atoms in total. The van der Waals surface area contributed by atoms with Crippen LogP contribution in [-0.2, 0) is 5.41 Å². The van der Waals surface area contributed by atoms with Gasteiger partial charge in [-0.25, -0.2) is 15.0 Å². The van der Waals surface area contributed by atoms with Crippen LogP contribution in [0.4, 0.5) is 5.69 Å². The zero-order valence-corrected chi connectivity index (χ0v) is 27.6. The van der Waals surface area contributed by atoms with Crippen LogP contribution in [0.25, 0.3) is 62.1 Å². The Morgan fingerprint density at radius 2 is 1.24 bits per heavy atom. The molecule has 0 saturated heterocycles. The summed E-state index contributed by atoms with van der Waals surface area (Å²) in [7, 11) is 0. The fourth-order valence-electron chi connectivity index (χ4n) is 7.29. The molecule has 2 aliphatic rings. The number of aromatic nitrogens is 3. The second-order valence-corrected chi connectivity index (χ2v) is 13.2. The normalized spacial score (nSPS) is 14.8. The van der Waals surface area contributed by atoms with Crippen LogP contribution >= 0.6 is 0 Å². The van der Waals surface area contributed by atoms with Crippen molar-refractivity contribution in [1.29, 1.82) is 5.41 Å². The van der Waals surface area contributed by atoms with Crippen LogP contribution < -0.4 is 5.43 Å². The van der Waals surface area contributed by atoms with Gasteiger partial charge >= 0.3 is 0 Å². The Morgan fingerprint density at radius 3 is 2.06 bits per heavy atom. The third-order valence-electron chi connectivity index (χ3n) is 9.83. The van der Waals surface area contributed by atoms with Gasteiger partial charge in [-0.1, -0.05) is 135 Å². The molecule has 0 spiro atoms. The molecule has 50 heavy (non-hydrogen) atoms. The molecule has 0 aliphatic heterocycles. The molecule has 2 aliphatic carbocycles. The molecule has 0 atom stereocenters. The maximum atomic E-state index is 9.24. The number of allylic oxidation sites excluding steroid dienone is 1. The molecule has 0 fully saturated rings. The average molecular weight is 645 g/mol. The van der Waals surface area contributed by atoms with E-state index in [-0.39, 0.29) is 5.41 Å². The van der Waals surface area contributed by atoms with E-state index in [2.05, 4.69) is 97.2 Å². The van der Waals surface area contributed by atoms with Gasteiger partial charge in [0.15, 0.2) is 17.5 Å². The summed E-state index contributed by atoms with van der Waals surface area (Å²) in [6.07, 6.45) is 3.91. The molecule has 0 saturated carbocycles. The molecule has 6 aromatic carbocycles. The minimum Gasteiger partial charge on any atom is -0.298 e. The molecule has 2 N–H and O–H groups in total.